The molecule has 7 heteroatoms. The normalized spacial score (nSPS) is 14.9. The van der Waals surface area contributed by atoms with Gasteiger partial charge in [0.25, 0.3) is 5.91 Å². The van der Waals surface area contributed by atoms with Gasteiger partial charge in [0.2, 0.25) is 5.91 Å². The fourth-order valence-corrected chi connectivity index (χ4v) is 3.01. The van der Waals surface area contributed by atoms with E-state index in [0.717, 1.165) is 11.1 Å². The van der Waals surface area contributed by atoms with Crippen LogP contribution >= 0.6 is 0 Å². The van der Waals surface area contributed by atoms with Crippen molar-refractivity contribution in [3.05, 3.63) is 65.7 Å². The van der Waals surface area contributed by atoms with Gasteiger partial charge >= 0.3 is 5.97 Å². The number of carboxylic acids is 1. The molecule has 1 aliphatic rings. The first-order valence-corrected chi connectivity index (χ1v) is 9.47. The Kier molecular flexibility index (Phi) is 6.39. The van der Waals surface area contributed by atoms with Crippen LogP contribution in [-0.4, -0.2) is 33.6 Å². The third-order valence-corrected chi connectivity index (χ3v) is 4.72. The molecule has 0 spiro atoms. The lowest BCUT2D eigenvalue weighted by atomic mass is 10.0. The molecule has 3 rings (SSSR count). The molecule has 2 amide bonds. The Morgan fingerprint density at radius 2 is 1.76 bits per heavy atom. The first-order chi connectivity index (χ1) is 13.9. The van der Waals surface area contributed by atoms with Gasteiger partial charge in [-0.2, -0.15) is 5.10 Å². The van der Waals surface area contributed by atoms with E-state index in [1.165, 1.54) is 5.01 Å². The van der Waals surface area contributed by atoms with Crippen LogP contribution in [0.3, 0.4) is 0 Å². The van der Waals surface area contributed by atoms with Crippen LogP contribution in [0, 0.1) is 5.92 Å². The number of carbonyl (C=O) groups excluding carboxylic acids is 2. The highest BCUT2D eigenvalue weighted by Gasteiger charge is 2.24. The van der Waals surface area contributed by atoms with Gasteiger partial charge < -0.3 is 10.4 Å². The Morgan fingerprint density at radius 3 is 2.41 bits per heavy atom. The second-order valence-electron chi connectivity index (χ2n) is 7.08. The molecule has 2 aromatic rings. The van der Waals surface area contributed by atoms with Crippen molar-refractivity contribution >= 4 is 29.2 Å². The zero-order valence-corrected chi connectivity index (χ0v) is 16.2. The van der Waals surface area contributed by atoms with Gasteiger partial charge in [-0.15, -0.1) is 0 Å². The zero-order chi connectivity index (χ0) is 20.8. The number of hydrogen-bond acceptors (Lipinski definition) is 4. The van der Waals surface area contributed by atoms with E-state index in [0.29, 0.717) is 30.8 Å². The van der Waals surface area contributed by atoms with Crippen LogP contribution in [-0.2, 0) is 27.3 Å². The number of anilines is 1. The third kappa shape index (κ3) is 5.51. The SMILES string of the molecule is CC(Cc1ccc(NC(=O)C2=NN(Cc3ccccc3)C(=O)CC2)cc1)C(=O)O. The summed E-state index contributed by atoms with van der Waals surface area (Å²) < 4.78 is 0. The van der Waals surface area contributed by atoms with Crippen molar-refractivity contribution in [2.24, 2.45) is 11.0 Å². The lowest BCUT2D eigenvalue weighted by Gasteiger charge is -2.23. The van der Waals surface area contributed by atoms with E-state index < -0.39 is 11.9 Å². The second-order valence-corrected chi connectivity index (χ2v) is 7.08. The molecule has 0 fully saturated rings. The van der Waals surface area contributed by atoms with Gasteiger partial charge in [0.15, 0.2) is 0 Å². The predicted molar refractivity (Wildman–Crippen MR) is 109 cm³/mol. The summed E-state index contributed by atoms with van der Waals surface area (Å²) in [4.78, 5) is 35.7. The number of nitrogens with zero attached hydrogens (tertiary/aromatic N) is 2. The van der Waals surface area contributed by atoms with Gasteiger partial charge in [-0.3, -0.25) is 14.4 Å². The number of carbonyl (C=O) groups is 3. The second kappa shape index (κ2) is 9.14. The fourth-order valence-electron chi connectivity index (χ4n) is 3.01. The Hall–Kier alpha value is -3.48. The number of hydrogen-bond donors (Lipinski definition) is 2. The van der Waals surface area contributed by atoms with Crippen molar-refractivity contribution in [3.8, 4) is 0 Å². The quantitative estimate of drug-likeness (QED) is 0.755. The van der Waals surface area contributed by atoms with Crippen molar-refractivity contribution in [3.63, 3.8) is 0 Å². The number of hydrazone groups is 1. The molecule has 0 aromatic heterocycles. The van der Waals surface area contributed by atoms with E-state index in [2.05, 4.69) is 10.4 Å². The smallest absolute Gasteiger partial charge is 0.306 e. The summed E-state index contributed by atoms with van der Waals surface area (Å²) in [6, 6.07) is 16.6. The number of amides is 2. The van der Waals surface area contributed by atoms with Crippen LogP contribution in [0.2, 0.25) is 0 Å². The van der Waals surface area contributed by atoms with E-state index in [1.807, 2.05) is 30.3 Å². The minimum absolute atomic E-state index is 0.109. The van der Waals surface area contributed by atoms with Crippen molar-refractivity contribution in [1.82, 2.24) is 5.01 Å². The van der Waals surface area contributed by atoms with E-state index in [1.54, 1.807) is 31.2 Å². The van der Waals surface area contributed by atoms with Gasteiger partial charge in [0.05, 0.1) is 12.5 Å². The maximum absolute atomic E-state index is 12.6. The molecule has 1 heterocycles. The molecule has 0 saturated heterocycles. The van der Waals surface area contributed by atoms with Gasteiger partial charge in [-0.25, -0.2) is 5.01 Å². The van der Waals surface area contributed by atoms with Crippen LogP contribution in [0.25, 0.3) is 0 Å². The number of nitrogens with one attached hydrogen (secondary N) is 1. The Bertz CT molecular complexity index is 923. The van der Waals surface area contributed by atoms with E-state index in [-0.39, 0.29) is 18.2 Å². The molecule has 1 unspecified atom stereocenters. The minimum Gasteiger partial charge on any atom is -0.481 e. The summed E-state index contributed by atoms with van der Waals surface area (Å²) in [7, 11) is 0. The highest BCUT2D eigenvalue weighted by molar-refractivity contribution is 6.43. The van der Waals surface area contributed by atoms with E-state index in [4.69, 9.17) is 5.11 Å². The van der Waals surface area contributed by atoms with Crippen molar-refractivity contribution < 1.29 is 19.5 Å². The molecule has 7 nitrogen and oxygen atoms in total. The monoisotopic (exact) mass is 393 g/mol. The van der Waals surface area contributed by atoms with Crippen LogP contribution in [0.15, 0.2) is 59.7 Å². The van der Waals surface area contributed by atoms with Gasteiger partial charge in [0.1, 0.15) is 5.71 Å². The summed E-state index contributed by atoms with van der Waals surface area (Å²) in [5, 5.41) is 17.4. The average Bonchev–Trinajstić information content (AvgIpc) is 2.71. The van der Waals surface area contributed by atoms with Crippen LogP contribution in [0.5, 0.6) is 0 Å². The number of benzene rings is 2. The molecule has 0 radical (unpaired) electrons. The first-order valence-electron chi connectivity index (χ1n) is 9.47. The lowest BCUT2D eigenvalue weighted by Crippen LogP contribution is -2.36. The summed E-state index contributed by atoms with van der Waals surface area (Å²) in [5.41, 5.74) is 2.73. The summed E-state index contributed by atoms with van der Waals surface area (Å²) in [5.74, 6) is -1.77. The van der Waals surface area contributed by atoms with Crippen molar-refractivity contribution in [1.29, 1.82) is 0 Å². The highest BCUT2D eigenvalue weighted by Crippen LogP contribution is 2.17. The topological polar surface area (TPSA) is 99.1 Å². The average molecular weight is 393 g/mol. The Balaban J connectivity index is 1.64. The fraction of sp³-hybridized carbons (Fsp3) is 0.273. The number of carboxylic acid groups (broad SMARTS) is 1. The predicted octanol–water partition coefficient (Wildman–Crippen LogP) is 3.07. The molecular formula is C22H23N3O4. The minimum atomic E-state index is -0.840. The van der Waals surface area contributed by atoms with Crippen LogP contribution < -0.4 is 5.32 Å². The molecule has 1 atom stereocenters. The summed E-state index contributed by atoms with van der Waals surface area (Å²) >= 11 is 0. The van der Waals surface area contributed by atoms with Crippen LogP contribution in [0.4, 0.5) is 5.69 Å². The van der Waals surface area contributed by atoms with Crippen LogP contribution in [0.1, 0.15) is 30.9 Å². The number of aliphatic carboxylic acids is 1. The zero-order valence-electron chi connectivity index (χ0n) is 16.2. The Morgan fingerprint density at radius 1 is 1.07 bits per heavy atom. The molecule has 0 aliphatic carbocycles. The summed E-state index contributed by atoms with van der Waals surface area (Å²) in [6.45, 7) is 1.98. The van der Waals surface area contributed by atoms with Crippen molar-refractivity contribution in [2.75, 3.05) is 5.32 Å². The number of rotatable bonds is 7. The maximum atomic E-state index is 12.6. The lowest BCUT2D eigenvalue weighted by molar-refractivity contribution is -0.141. The maximum Gasteiger partial charge on any atom is 0.306 e. The molecule has 2 N–H and O–H groups in total. The molecule has 29 heavy (non-hydrogen) atoms. The highest BCUT2D eigenvalue weighted by atomic mass is 16.4. The third-order valence-electron chi connectivity index (χ3n) is 4.72. The summed E-state index contributed by atoms with van der Waals surface area (Å²) in [6.07, 6.45) is 0.960. The Labute approximate surface area is 169 Å². The first kappa shape index (κ1) is 20.3. The largest absolute Gasteiger partial charge is 0.481 e. The van der Waals surface area contributed by atoms with Crippen molar-refractivity contribution in [2.45, 2.75) is 32.7 Å². The standard InChI is InChI=1S/C22H23N3O4/c1-15(22(28)29)13-16-7-9-18(10-8-16)23-21(27)19-11-12-20(26)25(24-19)14-17-5-3-2-4-6-17/h2-10,15H,11-14H2,1H3,(H,23,27)(H,28,29). The van der Waals surface area contributed by atoms with E-state index >= 15 is 0 Å². The van der Waals surface area contributed by atoms with Gasteiger partial charge in [-0.05, 0) is 29.7 Å². The molecule has 0 saturated carbocycles. The van der Waals surface area contributed by atoms with Gasteiger partial charge in [0, 0.05) is 18.5 Å². The molecular weight excluding hydrogens is 370 g/mol. The van der Waals surface area contributed by atoms with Gasteiger partial charge in [-0.1, -0.05) is 49.4 Å². The molecule has 1 aliphatic heterocycles. The molecule has 150 valence electrons. The molecule has 0 bridgehead atoms. The van der Waals surface area contributed by atoms with E-state index in [9.17, 15) is 14.4 Å². The molecule has 2 aromatic carbocycles.